The van der Waals surface area contributed by atoms with E-state index in [9.17, 15) is 9.18 Å². The lowest BCUT2D eigenvalue weighted by atomic mass is 10.1. The Morgan fingerprint density at radius 1 is 1.16 bits per heavy atom. The Morgan fingerprint density at radius 2 is 1.92 bits per heavy atom. The molecule has 0 spiro atoms. The smallest absolute Gasteiger partial charge is 0.287 e. The number of nitrogens with zero attached hydrogens (tertiary/aromatic N) is 1. The van der Waals surface area contributed by atoms with E-state index in [1.807, 2.05) is 6.92 Å². The van der Waals surface area contributed by atoms with E-state index in [0.717, 1.165) is 17.5 Å². The Balaban J connectivity index is 1.66. The number of guanidine groups is 1. The molecule has 0 saturated carbocycles. The summed E-state index contributed by atoms with van der Waals surface area (Å²) in [6.45, 7) is 3.54. The van der Waals surface area contributed by atoms with Crippen LogP contribution in [0.3, 0.4) is 0 Å². The van der Waals surface area contributed by atoms with Gasteiger partial charge in [-0.25, -0.2) is 4.39 Å². The van der Waals surface area contributed by atoms with Gasteiger partial charge in [0.05, 0.1) is 6.26 Å². The zero-order valence-corrected chi connectivity index (χ0v) is 14.4. The van der Waals surface area contributed by atoms with Crippen LogP contribution >= 0.6 is 0 Å². The van der Waals surface area contributed by atoms with Gasteiger partial charge in [-0.05, 0) is 48.7 Å². The fraction of sp³-hybridized carbons (Fsp3) is 0.333. The molecule has 0 bridgehead atoms. The molecule has 25 heavy (non-hydrogen) atoms. The number of amides is 1. The van der Waals surface area contributed by atoms with Gasteiger partial charge in [0.2, 0.25) is 0 Å². The van der Waals surface area contributed by atoms with Crippen molar-refractivity contribution >= 4 is 11.9 Å². The molecule has 0 fully saturated rings. The Hall–Kier alpha value is -2.83. The van der Waals surface area contributed by atoms with Gasteiger partial charge in [0.1, 0.15) is 5.82 Å². The highest BCUT2D eigenvalue weighted by atomic mass is 19.1. The monoisotopic (exact) mass is 346 g/mol. The summed E-state index contributed by atoms with van der Waals surface area (Å²) in [5.41, 5.74) is 2.03. The second-order valence-electron chi connectivity index (χ2n) is 5.48. The van der Waals surface area contributed by atoms with Crippen LogP contribution in [0.4, 0.5) is 4.39 Å². The topological polar surface area (TPSA) is 78.7 Å². The minimum Gasteiger partial charge on any atom is -0.459 e. The molecule has 0 aliphatic rings. The standard InChI is InChI=1S/C18H23FN4O2/c1-13-12-15(19)6-5-14(13)7-8-22-18(20-2)23-10-9-21-17(24)16-4-3-11-25-16/h3-6,11-12H,7-10H2,1-2H3,(H,21,24)(H2,20,22,23). The van der Waals surface area contributed by atoms with Gasteiger partial charge in [0, 0.05) is 26.7 Å². The van der Waals surface area contributed by atoms with Gasteiger partial charge in [-0.3, -0.25) is 9.79 Å². The van der Waals surface area contributed by atoms with E-state index in [1.165, 1.54) is 18.4 Å². The van der Waals surface area contributed by atoms with E-state index >= 15 is 0 Å². The van der Waals surface area contributed by atoms with Crippen LogP contribution in [0.25, 0.3) is 0 Å². The third-order valence-corrected chi connectivity index (χ3v) is 3.66. The summed E-state index contributed by atoms with van der Waals surface area (Å²) in [5, 5.41) is 9.05. The van der Waals surface area contributed by atoms with Crippen molar-refractivity contribution in [2.45, 2.75) is 13.3 Å². The highest BCUT2D eigenvalue weighted by Gasteiger charge is 2.07. The lowest BCUT2D eigenvalue weighted by Crippen LogP contribution is -2.42. The Morgan fingerprint density at radius 3 is 2.60 bits per heavy atom. The molecule has 7 heteroatoms. The molecule has 0 unspecified atom stereocenters. The molecule has 6 nitrogen and oxygen atoms in total. The summed E-state index contributed by atoms with van der Waals surface area (Å²) in [5.74, 6) is 0.467. The van der Waals surface area contributed by atoms with Gasteiger partial charge in [-0.2, -0.15) is 0 Å². The van der Waals surface area contributed by atoms with E-state index in [-0.39, 0.29) is 17.5 Å². The second-order valence-corrected chi connectivity index (χ2v) is 5.48. The van der Waals surface area contributed by atoms with E-state index in [2.05, 4.69) is 20.9 Å². The molecule has 1 heterocycles. The number of carbonyl (C=O) groups is 1. The SMILES string of the molecule is CN=C(NCCNC(=O)c1ccco1)NCCc1ccc(F)cc1C. The molecule has 2 aromatic rings. The second kappa shape index (κ2) is 9.46. The van der Waals surface area contributed by atoms with Crippen molar-refractivity contribution in [2.24, 2.45) is 4.99 Å². The van der Waals surface area contributed by atoms with E-state index in [1.54, 1.807) is 25.2 Å². The molecule has 0 aliphatic carbocycles. The number of hydrogen-bond acceptors (Lipinski definition) is 3. The van der Waals surface area contributed by atoms with Crippen LogP contribution in [-0.4, -0.2) is 38.5 Å². The number of carbonyl (C=O) groups excluding carboxylic acids is 1. The van der Waals surface area contributed by atoms with Crippen LogP contribution in [0.5, 0.6) is 0 Å². The third-order valence-electron chi connectivity index (χ3n) is 3.66. The highest BCUT2D eigenvalue weighted by Crippen LogP contribution is 2.10. The molecule has 0 radical (unpaired) electrons. The molecular weight excluding hydrogens is 323 g/mol. The zero-order valence-electron chi connectivity index (χ0n) is 14.4. The zero-order chi connectivity index (χ0) is 18.1. The number of benzene rings is 1. The number of nitrogens with one attached hydrogen (secondary N) is 3. The lowest BCUT2D eigenvalue weighted by molar-refractivity contribution is 0.0926. The molecule has 0 saturated heterocycles. The van der Waals surface area contributed by atoms with Crippen molar-refractivity contribution in [3.8, 4) is 0 Å². The summed E-state index contributed by atoms with van der Waals surface area (Å²) in [4.78, 5) is 15.8. The Labute approximate surface area is 146 Å². The fourth-order valence-electron chi connectivity index (χ4n) is 2.33. The van der Waals surface area contributed by atoms with E-state index < -0.39 is 0 Å². The molecule has 3 N–H and O–H groups in total. The van der Waals surface area contributed by atoms with Crippen molar-refractivity contribution in [3.63, 3.8) is 0 Å². The molecule has 0 aliphatic heterocycles. The largest absolute Gasteiger partial charge is 0.459 e. The van der Waals surface area contributed by atoms with Crippen molar-refractivity contribution in [1.29, 1.82) is 0 Å². The quantitative estimate of drug-likeness (QED) is 0.406. The minimum atomic E-state index is -0.249. The highest BCUT2D eigenvalue weighted by molar-refractivity contribution is 5.91. The van der Waals surface area contributed by atoms with Gasteiger partial charge < -0.3 is 20.4 Å². The third kappa shape index (κ3) is 5.95. The Kier molecular flexibility index (Phi) is 7.00. The molecule has 134 valence electrons. The predicted molar refractivity (Wildman–Crippen MR) is 95.2 cm³/mol. The van der Waals surface area contributed by atoms with Gasteiger partial charge >= 0.3 is 0 Å². The number of halogens is 1. The number of hydrogen-bond donors (Lipinski definition) is 3. The summed E-state index contributed by atoms with van der Waals surface area (Å²) in [6, 6.07) is 8.08. The molecule has 1 aromatic carbocycles. The number of aryl methyl sites for hydroxylation is 1. The van der Waals surface area contributed by atoms with Crippen LogP contribution in [-0.2, 0) is 6.42 Å². The maximum Gasteiger partial charge on any atom is 0.287 e. The first-order valence-electron chi connectivity index (χ1n) is 8.11. The van der Waals surface area contributed by atoms with Crippen LogP contribution in [0, 0.1) is 12.7 Å². The van der Waals surface area contributed by atoms with Crippen LogP contribution in [0.1, 0.15) is 21.7 Å². The van der Waals surface area contributed by atoms with E-state index in [4.69, 9.17) is 4.42 Å². The summed E-state index contributed by atoms with van der Waals surface area (Å²) in [7, 11) is 1.68. The minimum absolute atomic E-state index is 0.219. The number of furan rings is 1. The first-order valence-corrected chi connectivity index (χ1v) is 8.11. The maximum atomic E-state index is 13.1. The van der Waals surface area contributed by atoms with Crippen LogP contribution in [0.2, 0.25) is 0 Å². The lowest BCUT2D eigenvalue weighted by Gasteiger charge is -2.13. The van der Waals surface area contributed by atoms with Crippen LogP contribution < -0.4 is 16.0 Å². The maximum absolute atomic E-state index is 13.1. The first-order chi connectivity index (χ1) is 12.1. The van der Waals surface area contributed by atoms with Gasteiger partial charge in [0.25, 0.3) is 5.91 Å². The van der Waals surface area contributed by atoms with Crippen molar-refractivity contribution in [3.05, 3.63) is 59.3 Å². The summed E-state index contributed by atoms with van der Waals surface area (Å²) >= 11 is 0. The van der Waals surface area contributed by atoms with Gasteiger partial charge in [0.15, 0.2) is 11.7 Å². The van der Waals surface area contributed by atoms with Crippen molar-refractivity contribution < 1.29 is 13.6 Å². The van der Waals surface area contributed by atoms with Gasteiger partial charge in [-0.15, -0.1) is 0 Å². The predicted octanol–water partition coefficient (Wildman–Crippen LogP) is 1.86. The number of aliphatic imine (C=N–C) groups is 1. The average molecular weight is 346 g/mol. The van der Waals surface area contributed by atoms with Crippen molar-refractivity contribution in [1.82, 2.24) is 16.0 Å². The van der Waals surface area contributed by atoms with Crippen molar-refractivity contribution in [2.75, 3.05) is 26.7 Å². The summed E-state index contributed by atoms with van der Waals surface area (Å²) < 4.78 is 18.1. The normalized spacial score (nSPS) is 11.2. The fourth-order valence-corrected chi connectivity index (χ4v) is 2.33. The molecule has 1 aromatic heterocycles. The number of rotatable bonds is 7. The molecule has 1 amide bonds. The molecule has 0 atom stereocenters. The molecule has 2 rings (SSSR count). The molecular formula is C18H23FN4O2. The van der Waals surface area contributed by atoms with Gasteiger partial charge in [-0.1, -0.05) is 6.07 Å². The average Bonchev–Trinajstić information content (AvgIpc) is 3.13. The Bertz CT molecular complexity index is 714. The van der Waals surface area contributed by atoms with Crippen LogP contribution in [0.15, 0.2) is 46.0 Å². The first kappa shape index (κ1) is 18.5. The summed E-state index contributed by atoms with van der Waals surface area (Å²) in [6.07, 6.45) is 2.23. The van der Waals surface area contributed by atoms with E-state index in [0.29, 0.717) is 25.6 Å².